The summed E-state index contributed by atoms with van der Waals surface area (Å²) in [6.45, 7) is 0.952. The average Bonchev–Trinajstić information content (AvgIpc) is 2.37. The summed E-state index contributed by atoms with van der Waals surface area (Å²) < 4.78 is 78.8. The lowest BCUT2D eigenvalue weighted by atomic mass is 10.3. The molecule has 0 saturated heterocycles. The standard InChI is InChI=1S/C11H13F4NO3S2/c1-5(8(4-17)20-2)16-21(18,19)11-9(14)6(12)3-7(13)10(11)15/h3,5,8,16-17H,4H2,1-2H3/t5-,8-/m0/s1. The highest BCUT2D eigenvalue weighted by atomic mass is 32.2. The Morgan fingerprint density at radius 1 is 1.24 bits per heavy atom. The lowest BCUT2D eigenvalue weighted by Gasteiger charge is -2.21. The quantitative estimate of drug-likeness (QED) is 0.606. The number of nitrogens with one attached hydrogen (secondary N) is 1. The van der Waals surface area contributed by atoms with Crippen LogP contribution >= 0.6 is 11.8 Å². The molecule has 0 amide bonds. The molecule has 0 radical (unpaired) electrons. The lowest BCUT2D eigenvalue weighted by Crippen LogP contribution is -2.41. The van der Waals surface area contributed by atoms with Gasteiger partial charge in [0.2, 0.25) is 10.0 Å². The molecular weight excluding hydrogens is 334 g/mol. The minimum absolute atomic E-state index is 0.0778. The van der Waals surface area contributed by atoms with Gasteiger partial charge in [0.05, 0.1) is 6.61 Å². The Hall–Kier alpha value is -0.840. The first-order valence-corrected chi connectivity index (χ1v) is 8.41. The number of hydrogen-bond acceptors (Lipinski definition) is 4. The van der Waals surface area contributed by atoms with Crippen molar-refractivity contribution in [3.63, 3.8) is 0 Å². The molecule has 0 aliphatic heterocycles. The second kappa shape index (κ2) is 6.95. The van der Waals surface area contributed by atoms with E-state index in [4.69, 9.17) is 5.11 Å². The van der Waals surface area contributed by atoms with Crippen molar-refractivity contribution in [1.82, 2.24) is 4.72 Å². The molecule has 0 aliphatic rings. The zero-order valence-electron chi connectivity index (χ0n) is 11.0. The fourth-order valence-electron chi connectivity index (χ4n) is 1.60. The van der Waals surface area contributed by atoms with Gasteiger partial charge in [-0.25, -0.2) is 30.7 Å². The van der Waals surface area contributed by atoms with E-state index in [1.54, 1.807) is 6.26 Å². The molecule has 120 valence electrons. The summed E-state index contributed by atoms with van der Waals surface area (Å²) >= 11 is 1.12. The van der Waals surface area contributed by atoms with Gasteiger partial charge in [-0.05, 0) is 13.2 Å². The van der Waals surface area contributed by atoms with E-state index in [0.29, 0.717) is 0 Å². The maximum Gasteiger partial charge on any atom is 0.246 e. The van der Waals surface area contributed by atoms with E-state index in [-0.39, 0.29) is 6.07 Å². The number of rotatable bonds is 6. The highest BCUT2D eigenvalue weighted by Crippen LogP contribution is 2.24. The summed E-state index contributed by atoms with van der Waals surface area (Å²) in [6, 6.07) is -0.994. The van der Waals surface area contributed by atoms with E-state index in [0.717, 1.165) is 11.8 Å². The van der Waals surface area contributed by atoms with Crippen molar-refractivity contribution in [3.05, 3.63) is 29.3 Å². The SMILES string of the molecule is CS[C@@H](CO)[C@H](C)NS(=O)(=O)c1c(F)c(F)cc(F)c1F. The van der Waals surface area contributed by atoms with Crippen LogP contribution in [0.2, 0.25) is 0 Å². The molecule has 0 aliphatic carbocycles. The highest BCUT2D eigenvalue weighted by Gasteiger charge is 2.32. The molecule has 0 unspecified atom stereocenters. The van der Waals surface area contributed by atoms with Gasteiger partial charge in [0, 0.05) is 17.4 Å². The summed E-state index contributed by atoms with van der Waals surface area (Å²) in [7, 11) is -4.84. The number of aliphatic hydroxyl groups is 1. The number of sulfonamides is 1. The van der Waals surface area contributed by atoms with E-state index < -0.39 is 56.1 Å². The van der Waals surface area contributed by atoms with Gasteiger partial charge in [-0.1, -0.05) is 0 Å². The van der Waals surface area contributed by atoms with Gasteiger partial charge in [0.1, 0.15) is 0 Å². The molecular formula is C11H13F4NO3S2. The van der Waals surface area contributed by atoms with Crippen molar-refractivity contribution in [1.29, 1.82) is 0 Å². The smallest absolute Gasteiger partial charge is 0.246 e. The third-order valence-corrected chi connectivity index (χ3v) is 5.46. The van der Waals surface area contributed by atoms with Crippen molar-refractivity contribution in [3.8, 4) is 0 Å². The summed E-state index contributed by atoms with van der Waals surface area (Å²) in [6.07, 6.45) is 1.59. The van der Waals surface area contributed by atoms with Crippen LogP contribution in [-0.4, -0.2) is 37.7 Å². The number of benzene rings is 1. The summed E-state index contributed by atoms with van der Waals surface area (Å²) in [5.41, 5.74) is 0. The Morgan fingerprint density at radius 2 is 1.71 bits per heavy atom. The first-order valence-electron chi connectivity index (χ1n) is 5.64. The van der Waals surface area contributed by atoms with Crippen LogP contribution in [0.15, 0.2) is 11.0 Å². The zero-order valence-corrected chi connectivity index (χ0v) is 12.7. The Kier molecular flexibility index (Phi) is 6.02. The van der Waals surface area contributed by atoms with E-state index in [9.17, 15) is 26.0 Å². The molecule has 0 spiro atoms. The van der Waals surface area contributed by atoms with E-state index in [1.165, 1.54) is 6.92 Å². The molecule has 0 saturated carbocycles. The number of thioether (sulfide) groups is 1. The summed E-state index contributed by atoms with van der Waals surface area (Å²) in [5.74, 6) is -7.63. The normalized spacial score (nSPS) is 15.0. The van der Waals surface area contributed by atoms with Crippen LogP contribution in [0.3, 0.4) is 0 Å². The topological polar surface area (TPSA) is 66.4 Å². The molecule has 1 aromatic rings. The molecule has 0 bridgehead atoms. The molecule has 0 fully saturated rings. The summed E-state index contributed by atoms with van der Waals surface area (Å²) in [5, 5.41) is 8.44. The lowest BCUT2D eigenvalue weighted by molar-refractivity contribution is 0.282. The predicted molar refractivity (Wildman–Crippen MR) is 70.4 cm³/mol. The Morgan fingerprint density at radius 3 is 2.10 bits per heavy atom. The Labute approximate surface area is 123 Å². The van der Waals surface area contributed by atoms with Gasteiger partial charge >= 0.3 is 0 Å². The highest BCUT2D eigenvalue weighted by molar-refractivity contribution is 7.99. The van der Waals surface area contributed by atoms with Gasteiger partial charge in [-0.2, -0.15) is 11.8 Å². The van der Waals surface area contributed by atoms with Crippen molar-refractivity contribution >= 4 is 21.8 Å². The van der Waals surface area contributed by atoms with Crippen LogP contribution in [0, 0.1) is 23.3 Å². The second-order valence-electron chi connectivity index (χ2n) is 4.16. The fourth-order valence-corrected chi connectivity index (χ4v) is 3.75. The maximum atomic E-state index is 13.5. The van der Waals surface area contributed by atoms with Crippen LogP contribution < -0.4 is 4.72 Å². The van der Waals surface area contributed by atoms with Crippen molar-refractivity contribution in [2.24, 2.45) is 0 Å². The third-order valence-electron chi connectivity index (χ3n) is 2.72. The van der Waals surface area contributed by atoms with E-state index in [1.807, 2.05) is 4.72 Å². The minimum atomic E-state index is -4.84. The zero-order chi connectivity index (χ0) is 16.4. The molecule has 2 atom stereocenters. The van der Waals surface area contributed by atoms with Crippen molar-refractivity contribution < 1.29 is 31.1 Å². The van der Waals surface area contributed by atoms with Crippen molar-refractivity contribution in [2.75, 3.05) is 12.9 Å². The first kappa shape index (κ1) is 18.2. The summed E-state index contributed by atoms with van der Waals surface area (Å²) in [4.78, 5) is -1.72. The van der Waals surface area contributed by atoms with Gasteiger partial charge in [-0.15, -0.1) is 0 Å². The third kappa shape index (κ3) is 3.87. The predicted octanol–water partition coefficient (Wildman–Crippen LogP) is 1.63. The van der Waals surface area contributed by atoms with Gasteiger partial charge in [0.25, 0.3) is 0 Å². The number of aliphatic hydroxyl groups excluding tert-OH is 1. The van der Waals surface area contributed by atoms with Crippen LogP contribution in [0.25, 0.3) is 0 Å². The molecule has 0 aromatic heterocycles. The Bertz CT molecular complexity index is 594. The maximum absolute atomic E-state index is 13.5. The van der Waals surface area contributed by atoms with Crippen LogP contribution in [0.4, 0.5) is 17.6 Å². The van der Waals surface area contributed by atoms with Crippen LogP contribution in [0.1, 0.15) is 6.92 Å². The molecule has 1 rings (SSSR count). The molecule has 1 aromatic carbocycles. The van der Waals surface area contributed by atoms with Crippen molar-refractivity contribution in [2.45, 2.75) is 23.1 Å². The molecule has 4 nitrogen and oxygen atoms in total. The van der Waals surface area contributed by atoms with E-state index in [2.05, 4.69) is 0 Å². The monoisotopic (exact) mass is 347 g/mol. The molecule has 2 N–H and O–H groups in total. The Balaban J connectivity index is 3.27. The largest absolute Gasteiger partial charge is 0.395 e. The average molecular weight is 347 g/mol. The second-order valence-corrected chi connectivity index (χ2v) is 6.89. The van der Waals surface area contributed by atoms with Crippen LogP contribution in [-0.2, 0) is 10.0 Å². The molecule has 21 heavy (non-hydrogen) atoms. The molecule has 0 heterocycles. The molecule has 10 heteroatoms. The number of halogens is 4. The minimum Gasteiger partial charge on any atom is -0.395 e. The fraction of sp³-hybridized carbons (Fsp3) is 0.455. The first-order chi connectivity index (χ1) is 9.65. The number of hydrogen-bond donors (Lipinski definition) is 2. The van der Waals surface area contributed by atoms with Gasteiger partial charge in [0.15, 0.2) is 28.2 Å². The van der Waals surface area contributed by atoms with Crippen LogP contribution in [0.5, 0.6) is 0 Å². The van der Waals surface area contributed by atoms with Gasteiger partial charge in [-0.3, -0.25) is 0 Å². The van der Waals surface area contributed by atoms with E-state index >= 15 is 0 Å². The van der Waals surface area contributed by atoms with Gasteiger partial charge < -0.3 is 5.11 Å².